The first-order valence-corrected chi connectivity index (χ1v) is 5.63. The van der Waals surface area contributed by atoms with Crippen LogP contribution in [0.25, 0.3) is 0 Å². The monoisotopic (exact) mass is 226 g/mol. The SMILES string of the molecule is Cc1cc(OC2CCNCC2)ncc1Cl. The van der Waals surface area contributed by atoms with Crippen LogP contribution in [0, 0.1) is 6.92 Å². The van der Waals surface area contributed by atoms with Crippen LogP contribution in [0.5, 0.6) is 5.88 Å². The second kappa shape index (κ2) is 4.81. The lowest BCUT2D eigenvalue weighted by Gasteiger charge is -2.23. The summed E-state index contributed by atoms with van der Waals surface area (Å²) in [4.78, 5) is 4.16. The zero-order valence-electron chi connectivity index (χ0n) is 8.79. The quantitative estimate of drug-likeness (QED) is 0.840. The van der Waals surface area contributed by atoms with E-state index in [1.54, 1.807) is 6.20 Å². The zero-order chi connectivity index (χ0) is 10.7. The van der Waals surface area contributed by atoms with Gasteiger partial charge < -0.3 is 10.1 Å². The molecule has 3 nitrogen and oxygen atoms in total. The van der Waals surface area contributed by atoms with Crippen molar-refractivity contribution in [2.75, 3.05) is 13.1 Å². The number of aryl methyl sites for hydroxylation is 1. The Morgan fingerprint density at radius 3 is 2.87 bits per heavy atom. The molecule has 0 radical (unpaired) electrons. The number of hydrogen-bond acceptors (Lipinski definition) is 3. The van der Waals surface area contributed by atoms with Gasteiger partial charge in [0.1, 0.15) is 6.10 Å². The Labute approximate surface area is 94.8 Å². The average molecular weight is 227 g/mol. The predicted octanol–water partition coefficient (Wildman–Crippen LogP) is 2.17. The second-order valence-electron chi connectivity index (χ2n) is 3.84. The molecule has 2 heterocycles. The highest BCUT2D eigenvalue weighted by atomic mass is 35.5. The van der Waals surface area contributed by atoms with Gasteiger partial charge in [0.2, 0.25) is 5.88 Å². The number of rotatable bonds is 2. The molecule has 0 aromatic carbocycles. The van der Waals surface area contributed by atoms with E-state index < -0.39 is 0 Å². The number of halogens is 1. The molecule has 82 valence electrons. The van der Waals surface area contributed by atoms with Gasteiger partial charge in [-0.1, -0.05) is 11.6 Å². The van der Waals surface area contributed by atoms with Crippen LogP contribution in [-0.2, 0) is 0 Å². The number of ether oxygens (including phenoxy) is 1. The van der Waals surface area contributed by atoms with Crippen LogP contribution in [-0.4, -0.2) is 24.2 Å². The molecule has 0 saturated carbocycles. The van der Waals surface area contributed by atoms with E-state index >= 15 is 0 Å². The number of piperidine rings is 1. The number of hydrogen-bond donors (Lipinski definition) is 1. The molecule has 0 amide bonds. The van der Waals surface area contributed by atoms with Crippen molar-refractivity contribution in [3.63, 3.8) is 0 Å². The second-order valence-corrected chi connectivity index (χ2v) is 4.25. The fraction of sp³-hybridized carbons (Fsp3) is 0.545. The van der Waals surface area contributed by atoms with Crippen LogP contribution >= 0.6 is 11.6 Å². The lowest BCUT2D eigenvalue weighted by atomic mass is 10.1. The number of aromatic nitrogens is 1. The van der Waals surface area contributed by atoms with E-state index in [1.165, 1.54) is 0 Å². The molecule has 1 aromatic rings. The highest BCUT2D eigenvalue weighted by molar-refractivity contribution is 6.31. The standard InChI is InChI=1S/C11H15ClN2O/c1-8-6-11(14-7-10(8)12)15-9-2-4-13-5-3-9/h6-7,9,13H,2-5H2,1H3. The highest BCUT2D eigenvalue weighted by Gasteiger charge is 2.15. The molecule has 1 saturated heterocycles. The third-order valence-electron chi connectivity index (χ3n) is 2.60. The summed E-state index contributed by atoms with van der Waals surface area (Å²) < 4.78 is 5.78. The number of pyridine rings is 1. The van der Waals surface area contributed by atoms with E-state index in [2.05, 4.69) is 10.3 Å². The molecule has 0 aliphatic carbocycles. The average Bonchev–Trinajstić information content (AvgIpc) is 2.25. The van der Waals surface area contributed by atoms with Crippen LogP contribution in [0.15, 0.2) is 12.3 Å². The Morgan fingerprint density at radius 2 is 2.20 bits per heavy atom. The molecule has 1 aromatic heterocycles. The van der Waals surface area contributed by atoms with Gasteiger partial charge in [-0.15, -0.1) is 0 Å². The molecular formula is C11H15ClN2O. The lowest BCUT2D eigenvalue weighted by Crippen LogP contribution is -2.34. The summed E-state index contributed by atoms with van der Waals surface area (Å²) in [5.41, 5.74) is 1.01. The van der Waals surface area contributed by atoms with E-state index in [0.717, 1.165) is 31.5 Å². The molecule has 4 heteroatoms. The van der Waals surface area contributed by atoms with Crippen molar-refractivity contribution in [2.24, 2.45) is 0 Å². The summed E-state index contributed by atoms with van der Waals surface area (Å²) >= 11 is 5.90. The fourth-order valence-corrected chi connectivity index (χ4v) is 1.77. The molecule has 0 atom stereocenters. The van der Waals surface area contributed by atoms with E-state index in [4.69, 9.17) is 16.3 Å². The zero-order valence-corrected chi connectivity index (χ0v) is 9.55. The Kier molecular flexibility index (Phi) is 3.44. The van der Waals surface area contributed by atoms with E-state index in [9.17, 15) is 0 Å². The minimum Gasteiger partial charge on any atom is -0.474 e. The van der Waals surface area contributed by atoms with Crippen LogP contribution in [0.4, 0.5) is 0 Å². The van der Waals surface area contributed by atoms with Crippen LogP contribution < -0.4 is 10.1 Å². The van der Waals surface area contributed by atoms with Gasteiger partial charge in [-0.2, -0.15) is 0 Å². The predicted molar refractivity (Wildman–Crippen MR) is 60.5 cm³/mol. The molecular weight excluding hydrogens is 212 g/mol. The van der Waals surface area contributed by atoms with E-state index in [1.807, 2.05) is 13.0 Å². The number of nitrogens with zero attached hydrogens (tertiary/aromatic N) is 1. The first-order chi connectivity index (χ1) is 7.25. The van der Waals surface area contributed by atoms with Crippen molar-refractivity contribution < 1.29 is 4.74 Å². The molecule has 2 rings (SSSR count). The summed E-state index contributed by atoms with van der Waals surface area (Å²) in [5.74, 6) is 0.684. The van der Waals surface area contributed by atoms with Gasteiger partial charge in [-0.25, -0.2) is 4.98 Å². The van der Waals surface area contributed by atoms with Crippen molar-refractivity contribution >= 4 is 11.6 Å². The van der Waals surface area contributed by atoms with Gasteiger partial charge >= 0.3 is 0 Å². The third-order valence-corrected chi connectivity index (χ3v) is 2.99. The van der Waals surface area contributed by atoms with E-state index in [0.29, 0.717) is 17.0 Å². The molecule has 1 aliphatic heterocycles. The van der Waals surface area contributed by atoms with Gasteiger partial charge in [-0.05, 0) is 38.4 Å². The van der Waals surface area contributed by atoms with Crippen molar-refractivity contribution in [2.45, 2.75) is 25.9 Å². The minimum absolute atomic E-state index is 0.291. The first kappa shape index (κ1) is 10.7. The number of nitrogens with one attached hydrogen (secondary N) is 1. The fourth-order valence-electron chi connectivity index (χ4n) is 1.66. The maximum absolute atomic E-state index is 5.90. The first-order valence-electron chi connectivity index (χ1n) is 5.25. The summed E-state index contributed by atoms with van der Waals surface area (Å²) in [7, 11) is 0. The normalized spacial score (nSPS) is 17.7. The summed E-state index contributed by atoms with van der Waals surface area (Å²) in [5, 5.41) is 3.99. The van der Waals surface area contributed by atoms with Gasteiger partial charge in [0.05, 0.1) is 5.02 Å². The topological polar surface area (TPSA) is 34.1 Å². The Balaban J connectivity index is 2.00. The van der Waals surface area contributed by atoms with Crippen LogP contribution in [0.2, 0.25) is 5.02 Å². The Bertz CT molecular complexity index is 337. The van der Waals surface area contributed by atoms with Gasteiger partial charge in [-0.3, -0.25) is 0 Å². The highest BCUT2D eigenvalue weighted by Crippen LogP contribution is 2.20. The van der Waals surface area contributed by atoms with Gasteiger partial charge in [0, 0.05) is 12.3 Å². The summed E-state index contributed by atoms with van der Waals surface area (Å²) in [6.07, 6.45) is 4.03. The summed E-state index contributed by atoms with van der Waals surface area (Å²) in [6, 6.07) is 1.89. The molecule has 15 heavy (non-hydrogen) atoms. The molecule has 1 aliphatic rings. The summed E-state index contributed by atoms with van der Waals surface area (Å²) in [6.45, 7) is 4.01. The van der Waals surface area contributed by atoms with Crippen molar-refractivity contribution in [3.8, 4) is 5.88 Å². The van der Waals surface area contributed by atoms with Crippen molar-refractivity contribution in [3.05, 3.63) is 22.8 Å². The maximum Gasteiger partial charge on any atom is 0.213 e. The molecule has 1 N–H and O–H groups in total. The Hall–Kier alpha value is -0.800. The van der Waals surface area contributed by atoms with Gasteiger partial charge in [0.25, 0.3) is 0 Å². The van der Waals surface area contributed by atoms with Crippen molar-refractivity contribution in [1.82, 2.24) is 10.3 Å². The van der Waals surface area contributed by atoms with Crippen LogP contribution in [0.1, 0.15) is 18.4 Å². The molecule has 0 bridgehead atoms. The lowest BCUT2D eigenvalue weighted by molar-refractivity contribution is 0.156. The van der Waals surface area contributed by atoms with E-state index in [-0.39, 0.29) is 0 Å². The molecule has 0 unspecified atom stereocenters. The largest absolute Gasteiger partial charge is 0.474 e. The maximum atomic E-state index is 5.90. The van der Waals surface area contributed by atoms with Crippen molar-refractivity contribution in [1.29, 1.82) is 0 Å². The molecule has 1 fully saturated rings. The molecule has 0 spiro atoms. The smallest absolute Gasteiger partial charge is 0.213 e. The van der Waals surface area contributed by atoms with Crippen LogP contribution in [0.3, 0.4) is 0 Å². The Morgan fingerprint density at radius 1 is 1.47 bits per heavy atom. The minimum atomic E-state index is 0.291. The third kappa shape index (κ3) is 2.83. The van der Waals surface area contributed by atoms with Gasteiger partial charge in [0.15, 0.2) is 0 Å².